The Labute approximate surface area is 162 Å². The van der Waals surface area contributed by atoms with Crippen molar-refractivity contribution < 1.29 is 9.15 Å². The van der Waals surface area contributed by atoms with Gasteiger partial charge in [-0.3, -0.25) is 4.90 Å². The highest BCUT2D eigenvalue weighted by Crippen LogP contribution is 2.41. The number of ether oxygens (including phenoxy) is 1. The van der Waals surface area contributed by atoms with Crippen LogP contribution in [-0.2, 0) is 25.9 Å². The lowest BCUT2D eigenvalue weighted by Crippen LogP contribution is -2.32. The van der Waals surface area contributed by atoms with Gasteiger partial charge >= 0.3 is 5.63 Å². The first-order chi connectivity index (χ1) is 13.2. The monoisotopic (exact) mass is 381 g/mol. The number of halogens is 1. The number of hydrogen-bond donors (Lipinski definition) is 0. The Morgan fingerprint density at radius 3 is 2.63 bits per heavy atom. The predicted octanol–water partition coefficient (Wildman–Crippen LogP) is 4.68. The highest BCUT2D eigenvalue weighted by molar-refractivity contribution is 6.33. The first kappa shape index (κ1) is 16.8. The predicted molar refractivity (Wildman–Crippen MR) is 105 cm³/mol. The van der Waals surface area contributed by atoms with Gasteiger partial charge in [-0.15, -0.1) is 0 Å². The molecule has 2 aromatic carbocycles. The number of rotatable bonds is 2. The Kier molecular flexibility index (Phi) is 4.18. The van der Waals surface area contributed by atoms with E-state index < -0.39 is 0 Å². The molecule has 1 aliphatic heterocycles. The van der Waals surface area contributed by atoms with Crippen LogP contribution in [0.3, 0.4) is 0 Å². The molecule has 27 heavy (non-hydrogen) atoms. The van der Waals surface area contributed by atoms with Crippen LogP contribution in [0.1, 0.15) is 35.1 Å². The molecular formula is C22H20ClNO3. The van der Waals surface area contributed by atoms with Gasteiger partial charge in [0.1, 0.15) is 18.1 Å². The van der Waals surface area contributed by atoms with Crippen molar-refractivity contribution >= 4 is 22.6 Å². The van der Waals surface area contributed by atoms with Gasteiger partial charge < -0.3 is 9.15 Å². The number of aryl methyl sites for hydroxylation is 1. The summed E-state index contributed by atoms with van der Waals surface area (Å²) in [5, 5.41) is 1.57. The Bertz CT molecular complexity index is 1070. The molecule has 0 N–H and O–H groups in total. The molecule has 2 aliphatic rings. The van der Waals surface area contributed by atoms with E-state index in [1.54, 1.807) is 0 Å². The van der Waals surface area contributed by atoms with Crippen LogP contribution in [0, 0.1) is 0 Å². The Morgan fingerprint density at radius 2 is 1.81 bits per heavy atom. The number of benzene rings is 2. The van der Waals surface area contributed by atoms with Crippen LogP contribution in [0.15, 0.2) is 45.6 Å². The van der Waals surface area contributed by atoms with Crippen LogP contribution >= 0.6 is 11.6 Å². The fourth-order valence-corrected chi connectivity index (χ4v) is 4.54. The van der Waals surface area contributed by atoms with E-state index in [0.717, 1.165) is 54.3 Å². The van der Waals surface area contributed by atoms with Crippen molar-refractivity contribution in [3.63, 3.8) is 0 Å². The minimum Gasteiger partial charge on any atom is -0.476 e. The van der Waals surface area contributed by atoms with E-state index >= 15 is 0 Å². The van der Waals surface area contributed by atoms with Gasteiger partial charge in [0.15, 0.2) is 0 Å². The summed E-state index contributed by atoms with van der Waals surface area (Å²) in [6, 6.07) is 12.2. The van der Waals surface area contributed by atoms with Gasteiger partial charge in [-0.1, -0.05) is 41.9 Å². The molecular weight excluding hydrogens is 362 g/mol. The normalized spacial score (nSPS) is 16.6. The summed E-state index contributed by atoms with van der Waals surface area (Å²) in [5.41, 5.74) is 4.46. The van der Waals surface area contributed by atoms with Gasteiger partial charge in [0.05, 0.1) is 10.6 Å². The van der Waals surface area contributed by atoms with Crippen LogP contribution in [0.25, 0.3) is 11.0 Å². The van der Waals surface area contributed by atoms with Crippen molar-refractivity contribution in [3.8, 4) is 5.75 Å². The van der Waals surface area contributed by atoms with Gasteiger partial charge in [0, 0.05) is 24.0 Å². The maximum atomic E-state index is 12.6. The molecule has 1 aliphatic carbocycles. The van der Waals surface area contributed by atoms with Gasteiger partial charge in [0.2, 0.25) is 0 Å². The third-order valence-electron chi connectivity index (χ3n) is 5.54. The van der Waals surface area contributed by atoms with Gasteiger partial charge in [-0.25, -0.2) is 4.79 Å². The summed E-state index contributed by atoms with van der Waals surface area (Å²) in [7, 11) is 0. The van der Waals surface area contributed by atoms with E-state index in [9.17, 15) is 4.79 Å². The van der Waals surface area contributed by atoms with Crippen LogP contribution in [0.4, 0.5) is 0 Å². The van der Waals surface area contributed by atoms with Crippen LogP contribution in [0.2, 0.25) is 5.02 Å². The largest absolute Gasteiger partial charge is 0.476 e. The van der Waals surface area contributed by atoms with Crippen LogP contribution in [0.5, 0.6) is 5.75 Å². The van der Waals surface area contributed by atoms with Crippen molar-refractivity contribution in [3.05, 3.63) is 74.1 Å². The number of hydrogen-bond acceptors (Lipinski definition) is 4. The average Bonchev–Trinajstić information content (AvgIpc) is 2.70. The molecule has 0 bridgehead atoms. The van der Waals surface area contributed by atoms with E-state index in [1.165, 1.54) is 5.56 Å². The van der Waals surface area contributed by atoms with E-state index in [4.69, 9.17) is 20.8 Å². The van der Waals surface area contributed by atoms with Crippen molar-refractivity contribution in [1.29, 1.82) is 0 Å². The lowest BCUT2D eigenvalue weighted by Gasteiger charge is -2.30. The second-order valence-corrected chi connectivity index (χ2v) is 7.75. The lowest BCUT2D eigenvalue weighted by molar-refractivity contribution is 0.0890. The molecule has 4 nitrogen and oxygen atoms in total. The molecule has 0 fully saturated rings. The van der Waals surface area contributed by atoms with E-state index in [1.807, 2.05) is 24.3 Å². The first-order valence-corrected chi connectivity index (χ1v) is 9.77. The summed E-state index contributed by atoms with van der Waals surface area (Å²) in [6.45, 7) is 1.87. The summed E-state index contributed by atoms with van der Waals surface area (Å²) >= 11 is 6.55. The van der Waals surface area contributed by atoms with Crippen LogP contribution in [-0.4, -0.2) is 11.6 Å². The third kappa shape index (κ3) is 2.93. The fourth-order valence-electron chi connectivity index (χ4n) is 4.26. The van der Waals surface area contributed by atoms with E-state index in [2.05, 4.69) is 17.0 Å². The van der Waals surface area contributed by atoms with E-state index in [-0.39, 0.29) is 5.63 Å². The highest BCUT2D eigenvalue weighted by atomic mass is 35.5. The molecule has 0 amide bonds. The molecule has 0 atom stereocenters. The van der Waals surface area contributed by atoms with Crippen molar-refractivity contribution in [2.24, 2.45) is 0 Å². The lowest BCUT2D eigenvalue weighted by atomic mass is 9.90. The van der Waals surface area contributed by atoms with Gasteiger partial charge in [-0.2, -0.15) is 0 Å². The SMILES string of the molecule is O=c1oc2c3c(c(Cl)cc2c2c1CCCC2)OCN(Cc1ccccc1)C3. The highest BCUT2D eigenvalue weighted by Gasteiger charge is 2.27. The number of nitrogens with zero attached hydrogens (tertiary/aromatic N) is 1. The topological polar surface area (TPSA) is 42.7 Å². The molecule has 3 aromatic rings. The summed E-state index contributed by atoms with van der Waals surface area (Å²) in [4.78, 5) is 14.8. The molecule has 0 unspecified atom stereocenters. The van der Waals surface area contributed by atoms with Crippen LogP contribution < -0.4 is 10.4 Å². The Hall–Kier alpha value is -2.30. The summed E-state index contributed by atoms with van der Waals surface area (Å²) in [6.07, 6.45) is 3.83. The summed E-state index contributed by atoms with van der Waals surface area (Å²) < 4.78 is 11.8. The van der Waals surface area contributed by atoms with Gasteiger partial charge in [-0.05, 0) is 42.9 Å². The molecule has 2 heterocycles. The smallest absolute Gasteiger partial charge is 0.339 e. The fraction of sp³-hybridized carbons (Fsp3) is 0.318. The van der Waals surface area contributed by atoms with E-state index in [0.29, 0.717) is 29.6 Å². The Balaban J connectivity index is 1.61. The van der Waals surface area contributed by atoms with Crippen molar-refractivity contribution in [2.75, 3.05) is 6.73 Å². The molecule has 0 radical (unpaired) electrons. The zero-order valence-corrected chi connectivity index (χ0v) is 15.7. The second kappa shape index (κ2) is 6.70. The third-order valence-corrected chi connectivity index (χ3v) is 5.82. The minimum absolute atomic E-state index is 0.207. The molecule has 0 spiro atoms. The molecule has 1 aromatic heterocycles. The standard InChI is InChI=1S/C22H20ClNO3/c23-19-10-17-15-8-4-5-9-16(15)22(25)27-20(17)18-12-24(13-26-21(18)19)11-14-6-2-1-3-7-14/h1-3,6-7,10H,4-5,8-9,11-13H2. The second-order valence-electron chi connectivity index (χ2n) is 7.34. The zero-order valence-electron chi connectivity index (χ0n) is 15.0. The Morgan fingerprint density at radius 1 is 1.04 bits per heavy atom. The summed E-state index contributed by atoms with van der Waals surface area (Å²) in [5.74, 6) is 0.646. The molecule has 5 rings (SSSR count). The quantitative estimate of drug-likeness (QED) is 0.604. The minimum atomic E-state index is -0.207. The van der Waals surface area contributed by atoms with Crippen molar-refractivity contribution in [2.45, 2.75) is 38.8 Å². The molecule has 138 valence electrons. The molecule has 5 heteroatoms. The van der Waals surface area contributed by atoms with Gasteiger partial charge in [0.25, 0.3) is 0 Å². The maximum absolute atomic E-state index is 12.6. The molecule has 0 saturated carbocycles. The zero-order chi connectivity index (χ0) is 18.4. The molecule has 0 saturated heterocycles. The first-order valence-electron chi connectivity index (χ1n) is 9.40. The maximum Gasteiger partial charge on any atom is 0.339 e. The number of fused-ring (bicyclic) bond motifs is 5. The average molecular weight is 382 g/mol. The van der Waals surface area contributed by atoms with Crippen molar-refractivity contribution in [1.82, 2.24) is 4.90 Å².